The van der Waals surface area contributed by atoms with Crippen molar-refractivity contribution < 1.29 is 9.53 Å². The molecule has 5 rings (SSSR count). The number of hydrogen-bond donors (Lipinski definition) is 1. The van der Waals surface area contributed by atoms with Gasteiger partial charge in [0, 0.05) is 76.1 Å². The standard InChI is InChI=1S/C24H33N9O2/c1-17(2)33-19-12-20(25-14-18(19)15-26-33)27-21-13-22(29-24(28-21)32-6-4-5-7-32)30-8-10-31(11-9-30)23(34)16-35-3/h12-15,17H,4-11,16H2,1-3H3,(H,25,27,28,29). The number of hydrogen-bond acceptors (Lipinski definition) is 9. The summed E-state index contributed by atoms with van der Waals surface area (Å²) < 4.78 is 7.00. The highest BCUT2D eigenvalue weighted by molar-refractivity contribution is 5.81. The van der Waals surface area contributed by atoms with Gasteiger partial charge in [-0.2, -0.15) is 15.1 Å². The molecular formula is C24H33N9O2. The number of pyridine rings is 1. The lowest BCUT2D eigenvalue weighted by atomic mass is 10.3. The van der Waals surface area contributed by atoms with Gasteiger partial charge in [-0.25, -0.2) is 4.98 Å². The van der Waals surface area contributed by atoms with Crippen LogP contribution in [0.5, 0.6) is 0 Å². The number of anilines is 4. The number of piperazine rings is 1. The van der Waals surface area contributed by atoms with Crippen molar-refractivity contribution >= 4 is 40.2 Å². The average molecular weight is 480 g/mol. The van der Waals surface area contributed by atoms with Crippen molar-refractivity contribution in [3.63, 3.8) is 0 Å². The normalized spacial score (nSPS) is 16.5. The number of ether oxygens (including phenoxy) is 1. The van der Waals surface area contributed by atoms with Crippen molar-refractivity contribution in [2.75, 3.05) is 68.1 Å². The summed E-state index contributed by atoms with van der Waals surface area (Å²) in [5.41, 5.74) is 1.03. The molecule has 0 radical (unpaired) electrons. The molecule has 2 aliphatic heterocycles. The fraction of sp³-hybridized carbons (Fsp3) is 0.542. The van der Waals surface area contributed by atoms with Crippen LogP contribution < -0.4 is 15.1 Å². The smallest absolute Gasteiger partial charge is 0.248 e. The monoisotopic (exact) mass is 479 g/mol. The van der Waals surface area contributed by atoms with Crippen molar-refractivity contribution in [3.05, 3.63) is 24.5 Å². The first-order chi connectivity index (χ1) is 17.0. The van der Waals surface area contributed by atoms with E-state index >= 15 is 0 Å². The van der Waals surface area contributed by atoms with Crippen molar-refractivity contribution in [3.8, 4) is 0 Å². The Kier molecular flexibility index (Phi) is 6.67. The number of fused-ring (bicyclic) bond motifs is 1. The molecule has 3 aromatic rings. The van der Waals surface area contributed by atoms with Crippen LogP contribution in [0, 0.1) is 0 Å². The molecule has 2 aliphatic rings. The highest BCUT2D eigenvalue weighted by Crippen LogP contribution is 2.27. The van der Waals surface area contributed by atoms with Crippen LogP contribution in [-0.2, 0) is 9.53 Å². The van der Waals surface area contributed by atoms with Gasteiger partial charge in [0.15, 0.2) is 0 Å². The Bertz CT molecular complexity index is 1180. The molecule has 186 valence electrons. The van der Waals surface area contributed by atoms with Crippen LogP contribution >= 0.6 is 0 Å². The van der Waals surface area contributed by atoms with Crippen molar-refractivity contribution in [1.82, 2.24) is 29.6 Å². The molecule has 3 aromatic heterocycles. The second-order valence-corrected chi connectivity index (χ2v) is 9.34. The Morgan fingerprint density at radius 1 is 1.00 bits per heavy atom. The molecule has 1 amide bonds. The summed E-state index contributed by atoms with van der Waals surface area (Å²) in [6.07, 6.45) is 5.97. The summed E-state index contributed by atoms with van der Waals surface area (Å²) >= 11 is 0. The minimum Gasteiger partial charge on any atom is -0.375 e. The summed E-state index contributed by atoms with van der Waals surface area (Å²) in [4.78, 5) is 32.8. The minimum atomic E-state index is 0.0251. The number of aromatic nitrogens is 5. The molecule has 5 heterocycles. The van der Waals surface area contributed by atoms with E-state index in [2.05, 4.69) is 39.0 Å². The van der Waals surface area contributed by atoms with Crippen LogP contribution in [-0.4, -0.2) is 88.5 Å². The predicted octanol–water partition coefficient (Wildman–Crippen LogP) is 2.44. The number of rotatable bonds is 7. The Morgan fingerprint density at radius 3 is 2.49 bits per heavy atom. The number of nitrogens with one attached hydrogen (secondary N) is 1. The van der Waals surface area contributed by atoms with Crippen molar-refractivity contribution in [1.29, 1.82) is 0 Å². The quantitative estimate of drug-likeness (QED) is 0.547. The third-order valence-electron chi connectivity index (χ3n) is 6.54. The largest absolute Gasteiger partial charge is 0.375 e. The van der Waals surface area contributed by atoms with Gasteiger partial charge in [0.25, 0.3) is 0 Å². The maximum Gasteiger partial charge on any atom is 0.248 e. The van der Waals surface area contributed by atoms with E-state index in [0.717, 1.165) is 48.6 Å². The molecule has 2 saturated heterocycles. The van der Waals surface area contributed by atoms with E-state index in [4.69, 9.17) is 14.7 Å². The van der Waals surface area contributed by atoms with Crippen LogP contribution in [0.25, 0.3) is 10.9 Å². The van der Waals surface area contributed by atoms with Gasteiger partial charge in [-0.1, -0.05) is 0 Å². The maximum atomic E-state index is 12.2. The Balaban J connectivity index is 1.40. The van der Waals surface area contributed by atoms with Gasteiger partial charge in [0.2, 0.25) is 11.9 Å². The maximum absolute atomic E-state index is 12.2. The Morgan fingerprint density at radius 2 is 1.77 bits per heavy atom. The molecule has 35 heavy (non-hydrogen) atoms. The second kappa shape index (κ2) is 10.0. The van der Waals surface area contributed by atoms with Gasteiger partial charge in [0.05, 0.1) is 11.7 Å². The van der Waals surface area contributed by atoms with E-state index in [1.807, 2.05) is 34.1 Å². The zero-order valence-electron chi connectivity index (χ0n) is 20.6. The second-order valence-electron chi connectivity index (χ2n) is 9.34. The van der Waals surface area contributed by atoms with Gasteiger partial charge in [-0.15, -0.1) is 0 Å². The summed E-state index contributed by atoms with van der Waals surface area (Å²) in [6.45, 7) is 8.97. The summed E-state index contributed by atoms with van der Waals surface area (Å²) in [7, 11) is 1.55. The molecule has 0 atom stereocenters. The fourth-order valence-corrected chi connectivity index (χ4v) is 4.66. The van der Waals surface area contributed by atoms with Gasteiger partial charge in [-0.05, 0) is 26.7 Å². The lowest BCUT2D eigenvalue weighted by Gasteiger charge is -2.35. The SMILES string of the molecule is COCC(=O)N1CCN(c2cc(Nc3cc4c(cn3)cnn4C(C)C)nc(N3CCCC3)n2)CC1. The number of nitrogens with zero attached hydrogens (tertiary/aromatic N) is 8. The van der Waals surface area contributed by atoms with Crippen LogP contribution in [0.15, 0.2) is 24.5 Å². The molecular weight excluding hydrogens is 446 g/mol. The summed E-state index contributed by atoms with van der Waals surface area (Å²) in [5, 5.41) is 8.90. The summed E-state index contributed by atoms with van der Waals surface area (Å²) in [6, 6.07) is 4.24. The van der Waals surface area contributed by atoms with Crippen LogP contribution in [0.2, 0.25) is 0 Å². The molecule has 11 nitrogen and oxygen atoms in total. The van der Waals surface area contributed by atoms with E-state index in [0.29, 0.717) is 37.8 Å². The first kappa shape index (κ1) is 23.3. The zero-order valence-corrected chi connectivity index (χ0v) is 20.6. The van der Waals surface area contributed by atoms with Gasteiger partial charge in [0.1, 0.15) is 24.1 Å². The lowest BCUT2D eigenvalue weighted by molar-refractivity contribution is -0.135. The van der Waals surface area contributed by atoms with Crippen molar-refractivity contribution in [2.45, 2.75) is 32.7 Å². The molecule has 0 saturated carbocycles. The predicted molar refractivity (Wildman–Crippen MR) is 135 cm³/mol. The molecule has 11 heteroatoms. The average Bonchev–Trinajstić information content (AvgIpc) is 3.54. The van der Waals surface area contributed by atoms with E-state index in [1.165, 1.54) is 0 Å². The van der Waals surface area contributed by atoms with Crippen LogP contribution in [0.1, 0.15) is 32.7 Å². The number of carbonyl (C=O) groups is 1. The fourth-order valence-electron chi connectivity index (χ4n) is 4.66. The molecule has 0 unspecified atom stereocenters. The van der Waals surface area contributed by atoms with Gasteiger partial charge < -0.3 is 24.8 Å². The minimum absolute atomic E-state index is 0.0251. The lowest BCUT2D eigenvalue weighted by Crippen LogP contribution is -2.50. The third-order valence-corrected chi connectivity index (χ3v) is 6.54. The van der Waals surface area contributed by atoms with Gasteiger partial charge in [-0.3, -0.25) is 9.48 Å². The van der Waals surface area contributed by atoms with Gasteiger partial charge >= 0.3 is 0 Å². The number of amides is 1. The third kappa shape index (κ3) is 5.00. The van der Waals surface area contributed by atoms with Crippen LogP contribution in [0.3, 0.4) is 0 Å². The first-order valence-electron chi connectivity index (χ1n) is 12.3. The van der Waals surface area contributed by atoms with E-state index in [1.54, 1.807) is 7.11 Å². The molecule has 0 aliphatic carbocycles. The Labute approximate surface area is 205 Å². The van der Waals surface area contributed by atoms with E-state index < -0.39 is 0 Å². The highest BCUT2D eigenvalue weighted by atomic mass is 16.5. The first-order valence-corrected chi connectivity index (χ1v) is 12.3. The molecule has 0 spiro atoms. The zero-order chi connectivity index (χ0) is 24.4. The van der Waals surface area contributed by atoms with Crippen molar-refractivity contribution in [2.24, 2.45) is 0 Å². The van der Waals surface area contributed by atoms with Crippen LogP contribution in [0.4, 0.5) is 23.4 Å². The molecule has 0 aromatic carbocycles. The molecule has 0 bridgehead atoms. The topological polar surface area (TPSA) is 105 Å². The Hall–Kier alpha value is -3.47. The highest BCUT2D eigenvalue weighted by Gasteiger charge is 2.24. The molecule has 1 N–H and O–H groups in total. The number of methoxy groups -OCH3 is 1. The number of carbonyl (C=O) groups excluding carboxylic acids is 1. The van der Waals surface area contributed by atoms with E-state index in [9.17, 15) is 4.79 Å². The van der Waals surface area contributed by atoms with E-state index in [-0.39, 0.29) is 18.6 Å². The molecule has 2 fully saturated rings. The summed E-state index contributed by atoms with van der Waals surface area (Å²) in [5.74, 6) is 3.03.